The first-order chi connectivity index (χ1) is 39.9. The van der Waals surface area contributed by atoms with Crippen LogP contribution in [0.2, 0.25) is 0 Å². The lowest BCUT2D eigenvalue weighted by Crippen LogP contribution is -2.52. The Bertz CT molecular complexity index is 3320. The molecule has 0 spiro atoms. The molecule has 0 saturated heterocycles. The van der Waals surface area contributed by atoms with E-state index in [1.807, 2.05) is 0 Å². The van der Waals surface area contributed by atoms with Crippen LogP contribution in [-0.2, 0) is 98.5 Å². The summed E-state index contributed by atoms with van der Waals surface area (Å²) in [5.41, 5.74) is 1.76. The largest absolute Gasteiger partial charge is 0.458 e. The summed E-state index contributed by atoms with van der Waals surface area (Å²) in [6.45, 7) is 1.18. The van der Waals surface area contributed by atoms with E-state index in [9.17, 15) is 57.8 Å². The molecule has 0 bridgehead atoms. The summed E-state index contributed by atoms with van der Waals surface area (Å²) in [6.07, 6.45) is 2.88. The number of fused-ring (bicyclic) bond motifs is 5. The third kappa shape index (κ3) is 14.5. The molecule has 0 saturated carbocycles. The smallest absolute Gasteiger partial charge is 0.343 e. The van der Waals surface area contributed by atoms with Crippen LogP contribution in [-0.4, -0.2) is 157 Å². The van der Waals surface area contributed by atoms with E-state index in [0.717, 1.165) is 17.1 Å². The molecule has 5 heterocycles. The van der Waals surface area contributed by atoms with Gasteiger partial charge in [-0.25, -0.2) is 14.2 Å². The zero-order valence-electron chi connectivity index (χ0n) is 45.6. The minimum Gasteiger partial charge on any atom is -0.458 e. The van der Waals surface area contributed by atoms with Crippen LogP contribution >= 0.6 is 0 Å². The number of aromatic nitrogens is 2. The lowest BCUT2D eigenvalue weighted by Gasteiger charge is -2.31. The fourth-order valence-corrected chi connectivity index (χ4v) is 10.1. The van der Waals surface area contributed by atoms with E-state index in [1.54, 1.807) is 50.2 Å². The molecular formula is C56H63FN10O16. The average molecular weight is 1150 g/mol. The summed E-state index contributed by atoms with van der Waals surface area (Å²) in [6, 6.07) is 9.75. The molecule has 4 aliphatic rings. The number of aryl methyl sites for hydroxylation is 1. The zero-order chi connectivity index (χ0) is 59.4. The third-order valence-corrected chi connectivity index (χ3v) is 14.4. The second kappa shape index (κ2) is 27.3. The highest BCUT2D eigenvalue weighted by Gasteiger charge is 2.46. The Hall–Kier alpha value is -8.79. The molecule has 2 aromatic carbocycles. The Kier molecular flexibility index (Phi) is 19.9. The first kappa shape index (κ1) is 60.3. The Labute approximate surface area is 473 Å². The molecule has 0 fully saturated rings. The van der Waals surface area contributed by atoms with Crippen molar-refractivity contribution in [2.75, 3.05) is 72.5 Å². The van der Waals surface area contributed by atoms with Crippen LogP contribution in [0.25, 0.3) is 22.3 Å². The predicted octanol–water partition coefficient (Wildman–Crippen LogP) is -1.35. The van der Waals surface area contributed by atoms with Gasteiger partial charge in [0, 0.05) is 67.1 Å². The van der Waals surface area contributed by atoms with Crippen LogP contribution in [0.3, 0.4) is 0 Å². The van der Waals surface area contributed by atoms with Crippen molar-refractivity contribution in [3.05, 3.63) is 110 Å². The number of imide groups is 1. The number of nitrogens with one attached hydrogen (secondary N) is 7. The number of cyclic esters (lactones) is 1. The van der Waals surface area contributed by atoms with Gasteiger partial charge in [-0.3, -0.25) is 52.8 Å². The topological polar surface area (TPSA) is 350 Å². The number of ether oxygens (including phenoxy) is 4. The first-order valence-corrected chi connectivity index (χ1v) is 26.9. The SMILES string of the molecule is CC[C@@]1(O)C(=O)OCc2c1cc1n(c2=O)Cc2c-1nc1cc(F)c(C)c3c1c2[C@@H](NC(=O)COCNC(=O)CNC(=O)C(Cc1ccccc1)NC(=O)CNC(=O)CNC(=O)CCOCCOCCNC(=O)CCN1C(=O)C=CC1=O)CC3. The lowest BCUT2D eigenvalue weighted by atomic mass is 9.81. The van der Waals surface area contributed by atoms with E-state index in [1.165, 1.54) is 10.6 Å². The van der Waals surface area contributed by atoms with Crippen LogP contribution in [0.4, 0.5) is 4.39 Å². The number of aliphatic hydroxyl groups is 1. The van der Waals surface area contributed by atoms with Gasteiger partial charge < -0.3 is 65.8 Å². The van der Waals surface area contributed by atoms with Crippen molar-refractivity contribution in [3.8, 4) is 11.4 Å². The van der Waals surface area contributed by atoms with Gasteiger partial charge in [-0.1, -0.05) is 37.3 Å². The molecule has 1 unspecified atom stereocenters. The van der Waals surface area contributed by atoms with Gasteiger partial charge in [-0.2, -0.15) is 0 Å². The molecule has 83 heavy (non-hydrogen) atoms. The van der Waals surface area contributed by atoms with Gasteiger partial charge >= 0.3 is 5.97 Å². The number of carbonyl (C=O) groups is 10. The van der Waals surface area contributed by atoms with Crippen molar-refractivity contribution in [3.63, 3.8) is 0 Å². The van der Waals surface area contributed by atoms with E-state index in [4.69, 9.17) is 23.9 Å². The van der Waals surface area contributed by atoms with Crippen LogP contribution in [0.1, 0.15) is 77.6 Å². The zero-order valence-corrected chi connectivity index (χ0v) is 45.6. The number of amides is 9. The highest BCUT2D eigenvalue weighted by atomic mass is 19.1. The maximum Gasteiger partial charge on any atom is 0.343 e. The van der Waals surface area contributed by atoms with Gasteiger partial charge in [0.1, 0.15) is 31.8 Å². The molecule has 3 atom stereocenters. The predicted molar refractivity (Wildman–Crippen MR) is 288 cm³/mol. The Balaban J connectivity index is 0.740. The third-order valence-electron chi connectivity index (χ3n) is 14.4. The number of rotatable bonds is 28. The number of carbonyl (C=O) groups excluding carboxylic acids is 10. The summed E-state index contributed by atoms with van der Waals surface area (Å²) < 4.78 is 38.3. The monoisotopic (exact) mass is 1150 g/mol. The Morgan fingerprint density at radius 2 is 1.48 bits per heavy atom. The summed E-state index contributed by atoms with van der Waals surface area (Å²) >= 11 is 0. The number of pyridine rings is 2. The van der Waals surface area contributed by atoms with Crippen LogP contribution < -0.4 is 42.8 Å². The van der Waals surface area contributed by atoms with Gasteiger partial charge in [0.05, 0.1) is 81.1 Å². The van der Waals surface area contributed by atoms with Crippen LogP contribution in [0, 0.1) is 12.7 Å². The molecule has 1 aliphatic carbocycles. The second-order valence-corrected chi connectivity index (χ2v) is 19.9. The van der Waals surface area contributed by atoms with Gasteiger partial charge in [0.25, 0.3) is 17.4 Å². The van der Waals surface area contributed by atoms with Crippen LogP contribution in [0.15, 0.2) is 59.4 Å². The van der Waals surface area contributed by atoms with Crippen molar-refractivity contribution in [1.29, 1.82) is 0 Å². The summed E-state index contributed by atoms with van der Waals surface area (Å²) in [7, 11) is 0. The maximum absolute atomic E-state index is 15.4. The summed E-state index contributed by atoms with van der Waals surface area (Å²) in [5.74, 6) is -6.53. The van der Waals surface area contributed by atoms with Crippen molar-refractivity contribution in [1.82, 2.24) is 51.7 Å². The Morgan fingerprint density at radius 1 is 0.795 bits per heavy atom. The standard InChI is InChI=1S/C56H63FN10O16/c1-3-56(79)36-22-41-52-34(27-67(41)54(77)35(36)28-83-55(56)78)51-38(10-9-33-31(2)37(57)23-39(65-52)50(33)51)63-47(73)29-82-30-62-45(71)25-61-53(76)40(21-32-7-5-4-6-8-32)64-46(72)26-60-44(70)24-59-43(69)14-17-80-19-20-81-18-15-58-42(68)13-16-66-48(74)11-12-49(66)75/h4-8,11-12,22-23,38,40,79H,3,9-10,13-21,24-30H2,1-2H3,(H,58,68)(H,59,69)(H,60,70)(H,61,76)(H,62,71)(H,63,73)(H,64,72)/t38-,40?,56-/m0/s1. The normalized spacial score (nSPS) is 16.7. The Morgan fingerprint density at radius 3 is 2.23 bits per heavy atom. The fraction of sp³-hybridized carbons (Fsp3) is 0.429. The molecule has 27 heteroatoms. The van der Waals surface area contributed by atoms with E-state index >= 15 is 4.39 Å². The summed E-state index contributed by atoms with van der Waals surface area (Å²) in [4.78, 5) is 145. The van der Waals surface area contributed by atoms with Crippen molar-refractivity contribution >= 4 is 70.0 Å². The molecule has 4 aromatic rings. The van der Waals surface area contributed by atoms with E-state index in [2.05, 4.69) is 37.2 Å². The minimum absolute atomic E-state index is 0.0169. The van der Waals surface area contributed by atoms with E-state index in [0.29, 0.717) is 62.9 Å². The van der Waals surface area contributed by atoms with Crippen LogP contribution in [0.5, 0.6) is 0 Å². The number of benzene rings is 2. The number of halogens is 1. The van der Waals surface area contributed by atoms with E-state index in [-0.39, 0.29) is 95.4 Å². The second-order valence-electron chi connectivity index (χ2n) is 19.9. The maximum atomic E-state index is 15.4. The van der Waals surface area contributed by atoms with Crippen molar-refractivity contribution < 1.29 is 76.4 Å². The summed E-state index contributed by atoms with van der Waals surface area (Å²) in [5, 5.41) is 29.9. The van der Waals surface area contributed by atoms with Gasteiger partial charge in [-0.15, -0.1) is 0 Å². The van der Waals surface area contributed by atoms with Crippen molar-refractivity contribution in [2.45, 2.75) is 83.2 Å². The molecule has 9 amide bonds. The molecule has 8 N–H and O–H groups in total. The fourth-order valence-electron chi connectivity index (χ4n) is 10.1. The minimum atomic E-state index is -2.06. The quantitative estimate of drug-likeness (QED) is 0.0124. The van der Waals surface area contributed by atoms with Gasteiger partial charge in [0.2, 0.25) is 41.4 Å². The molecule has 26 nitrogen and oxygen atoms in total. The number of nitrogens with zero attached hydrogens (tertiary/aromatic N) is 3. The van der Waals surface area contributed by atoms with Crippen molar-refractivity contribution in [2.24, 2.45) is 0 Å². The van der Waals surface area contributed by atoms with Gasteiger partial charge in [0.15, 0.2) is 5.60 Å². The number of esters is 1. The average Bonchev–Trinajstić information content (AvgIpc) is 4.19. The number of hydrogen-bond acceptors (Lipinski definition) is 17. The highest BCUT2D eigenvalue weighted by molar-refractivity contribution is 6.13. The molecule has 0 radical (unpaired) electrons. The molecular weight excluding hydrogens is 1090 g/mol. The first-order valence-electron chi connectivity index (χ1n) is 26.9. The molecule has 440 valence electrons. The lowest BCUT2D eigenvalue weighted by molar-refractivity contribution is -0.172. The highest BCUT2D eigenvalue weighted by Crippen LogP contribution is 2.46. The number of hydrogen-bond donors (Lipinski definition) is 8. The molecule has 2 aromatic heterocycles. The molecule has 8 rings (SSSR count). The van der Waals surface area contributed by atoms with E-state index < -0.39 is 115 Å². The molecule has 3 aliphatic heterocycles. The van der Waals surface area contributed by atoms with Gasteiger partial charge in [-0.05, 0) is 54.5 Å².